The summed E-state index contributed by atoms with van der Waals surface area (Å²) in [6.45, 7) is 0.706. The Kier molecular flexibility index (Phi) is 4.56. The number of nitrogens with one attached hydrogen (secondary N) is 1. The minimum atomic E-state index is -0.112. The normalized spacial score (nSPS) is 21.6. The molecule has 0 bridgehead atoms. The van der Waals surface area contributed by atoms with E-state index in [1.54, 1.807) is 32.7 Å². The highest BCUT2D eigenvalue weighted by molar-refractivity contribution is 5.98. The van der Waals surface area contributed by atoms with Crippen LogP contribution in [-0.4, -0.2) is 56.5 Å². The van der Waals surface area contributed by atoms with E-state index in [9.17, 15) is 4.79 Å². The summed E-state index contributed by atoms with van der Waals surface area (Å²) in [6, 6.07) is 11.1. The van der Waals surface area contributed by atoms with Crippen LogP contribution in [0.5, 0.6) is 11.5 Å². The first kappa shape index (κ1) is 19.8. The van der Waals surface area contributed by atoms with Crippen molar-refractivity contribution in [2.45, 2.75) is 18.9 Å². The number of ether oxygens (including phenoxy) is 2. The quantitative estimate of drug-likeness (QED) is 0.507. The van der Waals surface area contributed by atoms with E-state index in [-0.39, 0.29) is 11.9 Å². The van der Waals surface area contributed by atoms with Gasteiger partial charge in [0.2, 0.25) is 0 Å². The highest BCUT2D eigenvalue weighted by Crippen LogP contribution is 2.52. The summed E-state index contributed by atoms with van der Waals surface area (Å²) in [6.07, 6.45) is 5.41. The van der Waals surface area contributed by atoms with Crippen molar-refractivity contribution in [1.82, 2.24) is 29.9 Å². The summed E-state index contributed by atoms with van der Waals surface area (Å²) in [4.78, 5) is 25.7. The van der Waals surface area contributed by atoms with Crippen LogP contribution in [0.25, 0.3) is 16.7 Å². The van der Waals surface area contributed by atoms with Gasteiger partial charge in [-0.1, -0.05) is 0 Å². The molecule has 0 unspecified atom stereocenters. The van der Waals surface area contributed by atoms with Crippen LogP contribution in [0.2, 0.25) is 0 Å². The van der Waals surface area contributed by atoms with Gasteiger partial charge in [0.25, 0.3) is 5.91 Å². The lowest BCUT2D eigenvalue weighted by Crippen LogP contribution is -2.33. The number of hydrogen-bond donors (Lipinski definition) is 1. The van der Waals surface area contributed by atoms with Crippen LogP contribution in [0, 0.1) is 11.8 Å². The molecule has 3 heterocycles. The molecule has 4 aromatic rings. The Labute approximate surface area is 190 Å². The van der Waals surface area contributed by atoms with Crippen LogP contribution in [0.3, 0.4) is 0 Å². The number of H-pyrrole nitrogens is 1. The molecule has 0 radical (unpaired) electrons. The molecule has 1 saturated heterocycles. The van der Waals surface area contributed by atoms with Gasteiger partial charge in [-0.25, -0.2) is 4.98 Å². The Morgan fingerprint density at radius 1 is 1.03 bits per heavy atom. The fraction of sp³-hybridized carbons (Fsp3) is 0.333. The molecule has 2 aliphatic rings. The van der Waals surface area contributed by atoms with Crippen molar-refractivity contribution in [3.63, 3.8) is 0 Å². The van der Waals surface area contributed by atoms with E-state index in [1.807, 2.05) is 35.2 Å². The monoisotopic (exact) mass is 444 g/mol. The van der Waals surface area contributed by atoms with Crippen molar-refractivity contribution in [2.75, 3.05) is 20.8 Å². The molecule has 1 aliphatic heterocycles. The maximum atomic E-state index is 14.0. The molecule has 2 aromatic heterocycles. The van der Waals surface area contributed by atoms with Crippen LogP contribution in [0.1, 0.15) is 35.1 Å². The number of methoxy groups -OCH3 is 2. The second-order valence-corrected chi connectivity index (χ2v) is 8.61. The zero-order valence-electron chi connectivity index (χ0n) is 18.4. The van der Waals surface area contributed by atoms with Gasteiger partial charge in [-0.15, -0.1) is 0 Å². The topological polar surface area (TPSA) is 98.2 Å². The third-order valence-corrected chi connectivity index (χ3v) is 6.97. The summed E-state index contributed by atoms with van der Waals surface area (Å²) in [7, 11) is 3.24. The fourth-order valence-corrected chi connectivity index (χ4v) is 5.15. The number of benzene rings is 2. The third-order valence-electron chi connectivity index (χ3n) is 6.97. The van der Waals surface area contributed by atoms with Crippen molar-refractivity contribution in [3.8, 4) is 17.2 Å². The molecule has 1 aliphatic carbocycles. The second-order valence-electron chi connectivity index (χ2n) is 8.61. The van der Waals surface area contributed by atoms with E-state index in [2.05, 4.69) is 15.2 Å². The smallest absolute Gasteiger partial charge is 0.256 e. The molecule has 1 saturated carbocycles. The van der Waals surface area contributed by atoms with Crippen LogP contribution < -0.4 is 9.47 Å². The van der Waals surface area contributed by atoms with Crippen molar-refractivity contribution in [3.05, 3.63) is 60.2 Å². The maximum Gasteiger partial charge on any atom is 0.256 e. The van der Waals surface area contributed by atoms with Gasteiger partial charge in [0.05, 0.1) is 54.9 Å². The Balaban J connectivity index is 1.42. The zero-order chi connectivity index (χ0) is 22.5. The van der Waals surface area contributed by atoms with E-state index in [0.717, 1.165) is 35.4 Å². The first-order valence-corrected chi connectivity index (χ1v) is 11.1. The SMILES string of the molecule is COc1ccc(-n2nccn2)c(C(=O)N2C[C@@H]3CC[C@@H]3[C@H]2c2nc3ccc(OC)cc3[nH]2)c1. The number of hydrogen-bond acceptors (Lipinski definition) is 6. The summed E-state index contributed by atoms with van der Waals surface area (Å²) in [5, 5.41) is 8.48. The number of carbonyl (C=O) groups excluding carboxylic acids is 1. The predicted octanol–water partition coefficient (Wildman–Crippen LogP) is 3.38. The first-order chi connectivity index (χ1) is 16.2. The Bertz CT molecular complexity index is 1330. The summed E-state index contributed by atoms with van der Waals surface area (Å²) in [5.41, 5.74) is 2.90. The third kappa shape index (κ3) is 3.14. The lowest BCUT2D eigenvalue weighted by molar-refractivity contribution is 0.0709. The molecule has 1 amide bonds. The molecule has 9 heteroatoms. The highest BCUT2D eigenvalue weighted by Gasteiger charge is 2.50. The molecule has 33 heavy (non-hydrogen) atoms. The minimum Gasteiger partial charge on any atom is -0.497 e. The number of carbonyl (C=O) groups is 1. The summed E-state index contributed by atoms with van der Waals surface area (Å²) >= 11 is 0. The number of aromatic amines is 1. The number of fused-ring (bicyclic) bond motifs is 2. The van der Waals surface area contributed by atoms with Gasteiger partial charge in [0.1, 0.15) is 17.3 Å². The molecule has 168 valence electrons. The average Bonchev–Trinajstić information content (AvgIpc) is 3.56. The Hall–Kier alpha value is -3.88. The van der Waals surface area contributed by atoms with E-state index in [4.69, 9.17) is 14.5 Å². The van der Waals surface area contributed by atoms with Gasteiger partial charge in [-0.2, -0.15) is 15.0 Å². The van der Waals surface area contributed by atoms with E-state index in [0.29, 0.717) is 35.4 Å². The summed E-state index contributed by atoms with van der Waals surface area (Å²) < 4.78 is 10.8. The molecule has 0 spiro atoms. The standard InChI is InChI=1S/C24H24N6O3/c1-32-15-5-8-21(30-25-9-10-26-30)18(11-15)24(31)29-13-14-3-6-17(14)22(29)23-27-19-7-4-16(33-2)12-20(19)28-23/h4-5,7-12,14,17,22H,3,6,13H2,1-2H3,(H,27,28)/t14-,17-,22-/m0/s1. The summed E-state index contributed by atoms with van der Waals surface area (Å²) in [5.74, 6) is 3.01. The van der Waals surface area contributed by atoms with Gasteiger partial charge < -0.3 is 19.4 Å². The first-order valence-electron chi connectivity index (χ1n) is 11.1. The van der Waals surface area contributed by atoms with Gasteiger partial charge in [0.15, 0.2) is 0 Å². The van der Waals surface area contributed by atoms with Crippen molar-refractivity contribution in [2.24, 2.45) is 11.8 Å². The zero-order valence-corrected chi connectivity index (χ0v) is 18.4. The average molecular weight is 444 g/mol. The molecule has 2 aromatic carbocycles. The van der Waals surface area contributed by atoms with E-state index < -0.39 is 0 Å². The van der Waals surface area contributed by atoms with Gasteiger partial charge in [0, 0.05) is 12.6 Å². The fourth-order valence-electron chi connectivity index (χ4n) is 5.15. The van der Waals surface area contributed by atoms with Crippen LogP contribution in [0.4, 0.5) is 0 Å². The second kappa shape index (κ2) is 7.61. The van der Waals surface area contributed by atoms with Gasteiger partial charge in [-0.3, -0.25) is 4.79 Å². The molecule has 6 rings (SSSR count). The minimum absolute atomic E-state index is 0.0707. The number of amides is 1. The van der Waals surface area contributed by atoms with Gasteiger partial charge in [-0.05, 0) is 55.0 Å². The van der Waals surface area contributed by atoms with Crippen molar-refractivity contribution < 1.29 is 14.3 Å². The highest BCUT2D eigenvalue weighted by atomic mass is 16.5. The Morgan fingerprint density at radius 2 is 1.79 bits per heavy atom. The molecule has 3 atom stereocenters. The Morgan fingerprint density at radius 3 is 2.52 bits per heavy atom. The number of nitrogens with zero attached hydrogens (tertiary/aromatic N) is 5. The lowest BCUT2D eigenvalue weighted by Gasteiger charge is -2.32. The van der Waals surface area contributed by atoms with Crippen LogP contribution >= 0.6 is 0 Å². The number of likely N-dealkylation sites (tertiary alicyclic amines) is 1. The van der Waals surface area contributed by atoms with Gasteiger partial charge >= 0.3 is 0 Å². The maximum absolute atomic E-state index is 14.0. The van der Waals surface area contributed by atoms with Crippen molar-refractivity contribution in [1.29, 1.82) is 0 Å². The molecular formula is C24H24N6O3. The molecule has 9 nitrogen and oxygen atoms in total. The number of imidazole rings is 1. The lowest BCUT2D eigenvalue weighted by atomic mass is 9.73. The van der Waals surface area contributed by atoms with E-state index >= 15 is 0 Å². The number of rotatable bonds is 5. The molecule has 1 N–H and O–H groups in total. The van der Waals surface area contributed by atoms with Crippen molar-refractivity contribution >= 4 is 16.9 Å². The predicted molar refractivity (Wildman–Crippen MR) is 121 cm³/mol. The molecule has 2 fully saturated rings. The van der Waals surface area contributed by atoms with Crippen LogP contribution in [-0.2, 0) is 0 Å². The number of aromatic nitrogens is 5. The largest absolute Gasteiger partial charge is 0.497 e. The molecular weight excluding hydrogens is 420 g/mol. The van der Waals surface area contributed by atoms with E-state index in [1.165, 1.54) is 4.80 Å². The van der Waals surface area contributed by atoms with Crippen LogP contribution in [0.15, 0.2) is 48.8 Å².